The van der Waals surface area contributed by atoms with Crippen molar-refractivity contribution >= 4 is 23.0 Å². The van der Waals surface area contributed by atoms with Crippen LogP contribution < -0.4 is 10.2 Å². The van der Waals surface area contributed by atoms with E-state index in [1.807, 2.05) is 24.3 Å². The fourth-order valence-corrected chi connectivity index (χ4v) is 4.15. The number of piperidine rings is 1. The molecule has 8 nitrogen and oxygen atoms in total. The van der Waals surface area contributed by atoms with E-state index in [2.05, 4.69) is 27.4 Å². The summed E-state index contributed by atoms with van der Waals surface area (Å²) >= 11 is 0. The lowest BCUT2D eigenvalue weighted by atomic mass is 10.1. The Kier molecular flexibility index (Phi) is 6.20. The molecule has 0 saturated carbocycles. The summed E-state index contributed by atoms with van der Waals surface area (Å²) in [6, 6.07) is 15.2. The van der Waals surface area contributed by atoms with Crippen LogP contribution in [0.3, 0.4) is 0 Å². The van der Waals surface area contributed by atoms with Crippen molar-refractivity contribution < 1.29 is 9.72 Å². The molecule has 0 radical (unpaired) electrons. The summed E-state index contributed by atoms with van der Waals surface area (Å²) in [5.41, 5.74) is 4.37. The molecule has 3 aromatic rings. The van der Waals surface area contributed by atoms with Gasteiger partial charge in [0.1, 0.15) is 11.4 Å². The predicted octanol–water partition coefficient (Wildman–Crippen LogP) is 4.70. The minimum absolute atomic E-state index is 0.0484. The number of nitrogens with one attached hydrogen (secondary N) is 1. The third-order valence-corrected chi connectivity index (χ3v) is 5.92. The molecule has 0 bridgehead atoms. The highest BCUT2D eigenvalue weighted by Gasteiger charge is 2.21. The second kappa shape index (κ2) is 9.21. The number of hydrogen-bond donors (Lipinski definition) is 1. The summed E-state index contributed by atoms with van der Waals surface area (Å²) in [7, 11) is 0. The van der Waals surface area contributed by atoms with Crippen molar-refractivity contribution in [3.05, 3.63) is 81.2 Å². The topological polar surface area (TPSA) is 93.3 Å². The van der Waals surface area contributed by atoms with E-state index in [0.717, 1.165) is 24.3 Å². The van der Waals surface area contributed by atoms with Gasteiger partial charge in [0, 0.05) is 30.0 Å². The van der Waals surface area contributed by atoms with E-state index in [4.69, 9.17) is 0 Å². The highest BCUT2D eigenvalue weighted by molar-refractivity contribution is 6.04. The number of anilines is 2. The van der Waals surface area contributed by atoms with Crippen LogP contribution in [-0.4, -0.2) is 33.7 Å². The zero-order chi connectivity index (χ0) is 22.7. The van der Waals surface area contributed by atoms with Gasteiger partial charge in [-0.3, -0.25) is 19.6 Å². The van der Waals surface area contributed by atoms with Gasteiger partial charge in [0.15, 0.2) is 0 Å². The first-order valence-electron chi connectivity index (χ1n) is 10.9. The standard InChI is InChI=1S/C24H27N5O3/c1-17-23(29(31)32)18(2)28(26-17)16-19-6-8-20(9-7-19)24(30)25-21-10-12-22(13-11-21)27-14-4-3-5-15-27/h6-13H,3-5,14-16H2,1-2H3,(H,25,30). The Hall–Kier alpha value is -3.68. The highest BCUT2D eigenvalue weighted by Crippen LogP contribution is 2.24. The van der Waals surface area contributed by atoms with Crippen LogP contribution in [0.25, 0.3) is 0 Å². The number of aryl methyl sites for hydroxylation is 1. The summed E-state index contributed by atoms with van der Waals surface area (Å²) in [5.74, 6) is -0.177. The first-order valence-corrected chi connectivity index (χ1v) is 10.9. The molecule has 1 N–H and O–H groups in total. The Morgan fingerprint density at radius 3 is 2.28 bits per heavy atom. The van der Waals surface area contributed by atoms with Crippen molar-refractivity contribution in [1.82, 2.24) is 9.78 Å². The molecule has 0 atom stereocenters. The molecule has 2 aromatic carbocycles. The average Bonchev–Trinajstić information content (AvgIpc) is 3.08. The summed E-state index contributed by atoms with van der Waals surface area (Å²) < 4.78 is 1.62. The number of amides is 1. The Labute approximate surface area is 187 Å². The van der Waals surface area contributed by atoms with E-state index in [1.165, 1.54) is 24.9 Å². The molecule has 0 unspecified atom stereocenters. The molecule has 2 heterocycles. The highest BCUT2D eigenvalue weighted by atomic mass is 16.6. The molecule has 1 fully saturated rings. The van der Waals surface area contributed by atoms with Crippen LogP contribution in [0.5, 0.6) is 0 Å². The smallest absolute Gasteiger partial charge is 0.312 e. The second-order valence-electron chi connectivity index (χ2n) is 8.18. The molecule has 8 heteroatoms. The van der Waals surface area contributed by atoms with Crippen LogP contribution in [0.2, 0.25) is 0 Å². The maximum Gasteiger partial charge on any atom is 0.312 e. The molecule has 1 aliphatic rings. The van der Waals surface area contributed by atoms with Crippen molar-refractivity contribution in [2.45, 2.75) is 39.7 Å². The number of nitro groups is 1. The number of carbonyl (C=O) groups excluding carboxylic acids is 1. The van der Waals surface area contributed by atoms with Crippen molar-refractivity contribution in [1.29, 1.82) is 0 Å². The van der Waals surface area contributed by atoms with E-state index in [0.29, 0.717) is 23.5 Å². The quantitative estimate of drug-likeness (QED) is 0.449. The maximum atomic E-state index is 12.6. The molecular weight excluding hydrogens is 406 g/mol. The number of rotatable bonds is 6. The number of carbonyl (C=O) groups is 1. The lowest BCUT2D eigenvalue weighted by molar-refractivity contribution is -0.386. The summed E-state index contributed by atoms with van der Waals surface area (Å²) in [6.45, 7) is 5.90. The zero-order valence-electron chi connectivity index (χ0n) is 18.4. The molecule has 4 rings (SSSR count). The summed E-state index contributed by atoms with van der Waals surface area (Å²) in [6.07, 6.45) is 3.75. The van der Waals surface area contributed by atoms with Crippen LogP contribution in [0.1, 0.15) is 46.6 Å². The van der Waals surface area contributed by atoms with Crippen molar-refractivity contribution in [2.24, 2.45) is 0 Å². The number of hydrogen-bond acceptors (Lipinski definition) is 5. The van der Waals surface area contributed by atoms with Crippen molar-refractivity contribution in [3.63, 3.8) is 0 Å². The van der Waals surface area contributed by atoms with E-state index < -0.39 is 4.92 Å². The summed E-state index contributed by atoms with van der Waals surface area (Å²) in [4.78, 5) is 25.8. The fraction of sp³-hybridized carbons (Fsp3) is 0.333. The first-order chi connectivity index (χ1) is 15.4. The predicted molar refractivity (Wildman–Crippen MR) is 124 cm³/mol. The van der Waals surface area contributed by atoms with Gasteiger partial charge in [-0.15, -0.1) is 0 Å². The third kappa shape index (κ3) is 4.64. The fourth-order valence-electron chi connectivity index (χ4n) is 4.15. The Morgan fingerprint density at radius 2 is 1.69 bits per heavy atom. The molecule has 0 spiro atoms. The van der Waals surface area contributed by atoms with Gasteiger partial charge in [-0.25, -0.2) is 0 Å². The molecule has 166 valence electrons. The minimum Gasteiger partial charge on any atom is -0.372 e. The van der Waals surface area contributed by atoms with Crippen molar-refractivity contribution in [2.75, 3.05) is 23.3 Å². The van der Waals surface area contributed by atoms with Gasteiger partial charge >= 0.3 is 5.69 Å². The molecule has 1 amide bonds. The zero-order valence-corrected chi connectivity index (χ0v) is 18.4. The van der Waals surface area contributed by atoms with Crippen LogP contribution in [0.15, 0.2) is 48.5 Å². The Balaban J connectivity index is 1.39. The lowest BCUT2D eigenvalue weighted by Crippen LogP contribution is -2.29. The van der Waals surface area contributed by atoms with Gasteiger partial charge in [0.05, 0.1) is 11.5 Å². The van der Waals surface area contributed by atoms with E-state index in [9.17, 15) is 14.9 Å². The monoisotopic (exact) mass is 433 g/mol. The third-order valence-electron chi connectivity index (χ3n) is 5.92. The number of aromatic nitrogens is 2. The molecular formula is C24H27N5O3. The largest absolute Gasteiger partial charge is 0.372 e. The molecule has 32 heavy (non-hydrogen) atoms. The Bertz CT molecular complexity index is 1110. The summed E-state index contributed by atoms with van der Waals surface area (Å²) in [5, 5.41) is 18.4. The van der Waals surface area contributed by atoms with Crippen LogP contribution in [0, 0.1) is 24.0 Å². The van der Waals surface area contributed by atoms with E-state index in [-0.39, 0.29) is 11.6 Å². The molecule has 1 aromatic heterocycles. The average molecular weight is 434 g/mol. The number of nitrogens with zero attached hydrogens (tertiary/aromatic N) is 4. The maximum absolute atomic E-state index is 12.6. The Morgan fingerprint density at radius 1 is 1.03 bits per heavy atom. The SMILES string of the molecule is Cc1nn(Cc2ccc(C(=O)Nc3ccc(N4CCCCC4)cc3)cc2)c(C)c1[N+](=O)[O-]. The lowest BCUT2D eigenvalue weighted by Gasteiger charge is -2.28. The van der Waals surface area contributed by atoms with E-state index >= 15 is 0 Å². The van der Waals surface area contributed by atoms with E-state index in [1.54, 1.807) is 30.7 Å². The number of benzene rings is 2. The van der Waals surface area contributed by atoms with Gasteiger partial charge in [0.2, 0.25) is 0 Å². The van der Waals surface area contributed by atoms with Crippen LogP contribution in [-0.2, 0) is 6.54 Å². The molecule has 1 saturated heterocycles. The van der Waals surface area contributed by atoms with Crippen molar-refractivity contribution in [3.8, 4) is 0 Å². The normalized spacial score (nSPS) is 13.8. The molecule has 0 aliphatic carbocycles. The first kappa shape index (κ1) is 21.5. The van der Waals surface area contributed by atoms with Gasteiger partial charge in [-0.05, 0) is 75.1 Å². The van der Waals surface area contributed by atoms with Gasteiger partial charge in [-0.2, -0.15) is 5.10 Å². The van der Waals surface area contributed by atoms with Gasteiger partial charge < -0.3 is 10.2 Å². The minimum atomic E-state index is -0.402. The van der Waals surface area contributed by atoms with Crippen LogP contribution in [0.4, 0.5) is 17.1 Å². The van der Waals surface area contributed by atoms with Gasteiger partial charge in [-0.1, -0.05) is 12.1 Å². The second-order valence-corrected chi connectivity index (χ2v) is 8.18. The van der Waals surface area contributed by atoms with Gasteiger partial charge in [0.25, 0.3) is 5.91 Å². The van der Waals surface area contributed by atoms with Crippen LogP contribution >= 0.6 is 0 Å². The molecule has 1 aliphatic heterocycles.